The number of ether oxygens (including phenoxy) is 2. The number of nitrogens with two attached hydrogens (primary N) is 1. The number of aryl methyl sites for hydroxylation is 2. The molecule has 0 atom stereocenters. The van der Waals surface area contributed by atoms with Gasteiger partial charge in [-0.3, -0.25) is 0 Å². The molecule has 0 saturated heterocycles. The van der Waals surface area contributed by atoms with Crippen molar-refractivity contribution in [1.29, 1.82) is 0 Å². The van der Waals surface area contributed by atoms with Gasteiger partial charge >= 0.3 is 0 Å². The standard InChI is InChI=1S/C15H19BrN2O3/c1-4-19-14-6-11(7-17)5-13(16)15(14)20-8-12-9(2)18-21-10(12)3/h5-6H,4,7-8,17H2,1-3H3. The van der Waals surface area contributed by atoms with Crippen LogP contribution < -0.4 is 15.2 Å². The van der Waals surface area contributed by atoms with Crippen LogP contribution in [0, 0.1) is 13.8 Å². The van der Waals surface area contributed by atoms with Crippen LogP contribution >= 0.6 is 15.9 Å². The Hall–Kier alpha value is -1.53. The lowest BCUT2D eigenvalue weighted by Crippen LogP contribution is -2.04. The Labute approximate surface area is 132 Å². The maximum Gasteiger partial charge on any atom is 0.175 e. The summed E-state index contributed by atoms with van der Waals surface area (Å²) in [5.41, 5.74) is 8.45. The van der Waals surface area contributed by atoms with Crippen molar-refractivity contribution >= 4 is 15.9 Å². The van der Waals surface area contributed by atoms with Gasteiger partial charge in [-0.25, -0.2) is 0 Å². The zero-order valence-corrected chi connectivity index (χ0v) is 14.0. The number of nitrogens with zero attached hydrogens (tertiary/aromatic N) is 1. The van der Waals surface area contributed by atoms with Crippen molar-refractivity contribution in [3.8, 4) is 11.5 Å². The number of rotatable bonds is 6. The lowest BCUT2D eigenvalue weighted by molar-refractivity contribution is 0.265. The van der Waals surface area contributed by atoms with Gasteiger partial charge in [-0.15, -0.1) is 0 Å². The summed E-state index contributed by atoms with van der Waals surface area (Å²) in [5, 5.41) is 3.92. The molecular formula is C15H19BrN2O3. The Kier molecular flexibility index (Phi) is 5.25. The van der Waals surface area contributed by atoms with E-state index in [9.17, 15) is 0 Å². The zero-order valence-electron chi connectivity index (χ0n) is 12.4. The van der Waals surface area contributed by atoms with Crippen LogP contribution in [0.3, 0.4) is 0 Å². The number of halogens is 1. The molecule has 2 aromatic rings. The maximum absolute atomic E-state index is 5.91. The molecule has 0 bridgehead atoms. The molecule has 0 aliphatic carbocycles. The van der Waals surface area contributed by atoms with Crippen molar-refractivity contribution in [2.24, 2.45) is 5.73 Å². The summed E-state index contributed by atoms with van der Waals surface area (Å²) in [6.45, 7) is 7.08. The second-order valence-corrected chi connectivity index (χ2v) is 5.49. The Bertz CT molecular complexity index is 606. The van der Waals surface area contributed by atoms with Crippen molar-refractivity contribution < 1.29 is 14.0 Å². The van der Waals surface area contributed by atoms with Gasteiger partial charge in [-0.05, 0) is 54.4 Å². The molecule has 0 spiro atoms. The second-order valence-electron chi connectivity index (χ2n) is 4.63. The first-order valence-electron chi connectivity index (χ1n) is 6.76. The molecule has 0 aliphatic rings. The van der Waals surface area contributed by atoms with Gasteiger partial charge in [0.2, 0.25) is 0 Å². The van der Waals surface area contributed by atoms with Gasteiger partial charge in [0.05, 0.1) is 22.3 Å². The van der Waals surface area contributed by atoms with Crippen molar-refractivity contribution in [2.75, 3.05) is 6.61 Å². The van der Waals surface area contributed by atoms with Crippen molar-refractivity contribution in [1.82, 2.24) is 5.16 Å². The molecule has 0 fully saturated rings. The quantitative estimate of drug-likeness (QED) is 0.859. The minimum Gasteiger partial charge on any atom is -0.490 e. The molecule has 0 amide bonds. The summed E-state index contributed by atoms with van der Waals surface area (Å²) in [6, 6.07) is 3.84. The van der Waals surface area contributed by atoms with E-state index < -0.39 is 0 Å². The monoisotopic (exact) mass is 354 g/mol. The fraction of sp³-hybridized carbons (Fsp3) is 0.400. The third-order valence-corrected chi connectivity index (χ3v) is 3.74. The molecular weight excluding hydrogens is 336 g/mol. The SMILES string of the molecule is CCOc1cc(CN)cc(Br)c1OCc1c(C)noc1C. The summed E-state index contributed by atoms with van der Waals surface area (Å²) in [4.78, 5) is 0. The van der Waals surface area contributed by atoms with Crippen molar-refractivity contribution in [3.63, 3.8) is 0 Å². The Morgan fingerprint density at radius 2 is 2.05 bits per heavy atom. The number of hydrogen-bond acceptors (Lipinski definition) is 5. The van der Waals surface area contributed by atoms with E-state index in [0.717, 1.165) is 27.1 Å². The van der Waals surface area contributed by atoms with E-state index in [4.69, 9.17) is 19.7 Å². The molecule has 0 radical (unpaired) electrons. The first-order valence-corrected chi connectivity index (χ1v) is 7.56. The van der Waals surface area contributed by atoms with Gasteiger partial charge < -0.3 is 19.7 Å². The Morgan fingerprint density at radius 3 is 2.62 bits per heavy atom. The van der Waals surface area contributed by atoms with E-state index in [1.54, 1.807) is 0 Å². The molecule has 2 N–H and O–H groups in total. The largest absolute Gasteiger partial charge is 0.490 e. The summed E-state index contributed by atoms with van der Waals surface area (Å²) in [5.74, 6) is 2.10. The van der Waals surface area contributed by atoms with Gasteiger partial charge in [-0.1, -0.05) is 5.16 Å². The summed E-state index contributed by atoms with van der Waals surface area (Å²) >= 11 is 3.51. The number of hydrogen-bond donors (Lipinski definition) is 1. The van der Waals surface area contributed by atoms with Gasteiger partial charge in [0, 0.05) is 6.54 Å². The van der Waals surface area contributed by atoms with Crippen LogP contribution in [-0.2, 0) is 13.2 Å². The van der Waals surface area contributed by atoms with Crippen LogP contribution in [0.1, 0.15) is 29.5 Å². The molecule has 5 nitrogen and oxygen atoms in total. The topological polar surface area (TPSA) is 70.5 Å². The molecule has 6 heteroatoms. The predicted octanol–water partition coefficient (Wildman–Crippen LogP) is 3.49. The average molecular weight is 355 g/mol. The third-order valence-electron chi connectivity index (χ3n) is 3.15. The van der Waals surface area contributed by atoms with Crippen molar-refractivity contribution in [3.05, 3.63) is 39.2 Å². The summed E-state index contributed by atoms with van der Waals surface area (Å²) in [7, 11) is 0. The first-order chi connectivity index (χ1) is 10.1. The van der Waals surface area contributed by atoms with E-state index in [2.05, 4.69) is 21.1 Å². The van der Waals surface area contributed by atoms with Crippen molar-refractivity contribution in [2.45, 2.75) is 33.9 Å². The normalized spacial score (nSPS) is 10.7. The second kappa shape index (κ2) is 6.95. The molecule has 1 aromatic carbocycles. The van der Waals surface area contributed by atoms with Gasteiger partial charge in [-0.2, -0.15) is 0 Å². The lowest BCUT2D eigenvalue weighted by atomic mass is 10.2. The lowest BCUT2D eigenvalue weighted by Gasteiger charge is -2.15. The van der Waals surface area contributed by atoms with E-state index in [0.29, 0.717) is 31.3 Å². The highest BCUT2D eigenvalue weighted by Crippen LogP contribution is 2.37. The Balaban J connectivity index is 2.26. The number of benzene rings is 1. The van der Waals surface area contributed by atoms with E-state index in [1.807, 2.05) is 32.9 Å². The molecule has 0 saturated carbocycles. The van der Waals surface area contributed by atoms with Crippen LogP contribution in [-0.4, -0.2) is 11.8 Å². The predicted molar refractivity (Wildman–Crippen MR) is 83.5 cm³/mol. The molecule has 1 heterocycles. The molecule has 0 aliphatic heterocycles. The molecule has 21 heavy (non-hydrogen) atoms. The van der Waals surface area contributed by atoms with Crippen LogP contribution in [0.25, 0.3) is 0 Å². The highest BCUT2D eigenvalue weighted by molar-refractivity contribution is 9.10. The highest BCUT2D eigenvalue weighted by Gasteiger charge is 2.15. The molecule has 0 unspecified atom stereocenters. The molecule has 114 valence electrons. The summed E-state index contributed by atoms with van der Waals surface area (Å²) in [6.07, 6.45) is 0. The van der Waals surface area contributed by atoms with Gasteiger partial charge in [0.15, 0.2) is 11.5 Å². The fourth-order valence-electron chi connectivity index (χ4n) is 1.99. The highest BCUT2D eigenvalue weighted by atomic mass is 79.9. The zero-order chi connectivity index (χ0) is 15.4. The first kappa shape index (κ1) is 15.9. The van der Waals surface area contributed by atoms with Gasteiger partial charge in [0.1, 0.15) is 12.4 Å². The van der Waals surface area contributed by atoms with Crippen LogP contribution in [0.15, 0.2) is 21.1 Å². The van der Waals surface area contributed by atoms with Gasteiger partial charge in [0.25, 0.3) is 0 Å². The Morgan fingerprint density at radius 1 is 1.29 bits per heavy atom. The van der Waals surface area contributed by atoms with E-state index >= 15 is 0 Å². The minimum atomic E-state index is 0.377. The molecule has 1 aromatic heterocycles. The van der Waals surface area contributed by atoms with Crippen LogP contribution in [0.2, 0.25) is 0 Å². The average Bonchev–Trinajstić information content (AvgIpc) is 2.77. The smallest absolute Gasteiger partial charge is 0.175 e. The van der Waals surface area contributed by atoms with Crippen LogP contribution in [0.5, 0.6) is 11.5 Å². The summed E-state index contributed by atoms with van der Waals surface area (Å²) < 4.78 is 17.5. The third kappa shape index (κ3) is 3.57. The molecule has 2 rings (SSSR count). The van der Waals surface area contributed by atoms with E-state index in [1.165, 1.54) is 0 Å². The fourth-order valence-corrected chi connectivity index (χ4v) is 2.60. The minimum absolute atomic E-state index is 0.377. The van der Waals surface area contributed by atoms with Crippen LogP contribution in [0.4, 0.5) is 0 Å². The van der Waals surface area contributed by atoms with E-state index in [-0.39, 0.29) is 0 Å². The number of aromatic nitrogens is 1. The maximum atomic E-state index is 5.91.